The summed E-state index contributed by atoms with van der Waals surface area (Å²) in [7, 11) is 1.40. The first-order valence-corrected chi connectivity index (χ1v) is 10.8. The van der Waals surface area contributed by atoms with E-state index in [0.717, 1.165) is 10.6 Å². The van der Waals surface area contributed by atoms with Gasteiger partial charge in [-0.05, 0) is 43.1 Å². The Labute approximate surface area is 205 Å². The maximum absolute atomic E-state index is 13.2. The van der Waals surface area contributed by atoms with Crippen LogP contribution in [0, 0.1) is 0 Å². The normalized spacial score (nSPS) is 15.6. The van der Waals surface area contributed by atoms with E-state index in [1.165, 1.54) is 24.1 Å². The lowest BCUT2D eigenvalue weighted by molar-refractivity contribution is -0.137. The van der Waals surface area contributed by atoms with Gasteiger partial charge in [0.1, 0.15) is 0 Å². The predicted molar refractivity (Wildman–Crippen MR) is 118 cm³/mol. The molecule has 9 nitrogen and oxygen atoms in total. The monoisotopic (exact) mass is 529 g/mol. The fraction of sp³-hybridized carbons (Fsp3) is 0.286. The van der Waals surface area contributed by atoms with E-state index >= 15 is 0 Å². The minimum atomic E-state index is -4.73. The van der Waals surface area contributed by atoms with Gasteiger partial charge in [0.25, 0.3) is 17.4 Å². The Morgan fingerprint density at radius 2 is 1.94 bits per heavy atom. The Balaban J connectivity index is 1.69. The Hall–Kier alpha value is -3.38. The van der Waals surface area contributed by atoms with Crippen molar-refractivity contribution in [2.45, 2.75) is 32.1 Å². The lowest BCUT2D eigenvalue weighted by atomic mass is 9.98. The van der Waals surface area contributed by atoms with Gasteiger partial charge in [-0.1, -0.05) is 16.8 Å². The van der Waals surface area contributed by atoms with E-state index in [0.29, 0.717) is 6.07 Å². The lowest BCUT2D eigenvalue weighted by Crippen LogP contribution is -2.45. The van der Waals surface area contributed by atoms with Crippen molar-refractivity contribution >= 4 is 35.0 Å². The molecule has 0 aliphatic carbocycles. The van der Waals surface area contributed by atoms with Crippen LogP contribution in [0.3, 0.4) is 0 Å². The average Bonchev–Trinajstić information content (AvgIpc) is 3.27. The van der Waals surface area contributed by atoms with E-state index in [9.17, 15) is 27.6 Å². The highest BCUT2D eigenvalue weighted by Crippen LogP contribution is 2.35. The lowest BCUT2D eigenvalue weighted by Gasteiger charge is -2.34. The number of halogens is 5. The van der Waals surface area contributed by atoms with E-state index in [-0.39, 0.29) is 46.6 Å². The quantitative estimate of drug-likeness (QED) is 0.520. The van der Waals surface area contributed by atoms with Gasteiger partial charge in [0.2, 0.25) is 11.2 Å². The summed E-state index contributed by atoms with van der Waals surface area (Å²) in [4.78, 5) is 43.5. The first-order valence-electron chi connectivity index (χ1n) is 10.1. The van der Waals surface area contributed by atoms with E-state index in [1.54, 1.807) is 6.92 Å². The Kier molecular flexibility index (Phi) is 6.36. The molecule has 14 heteroatoms. The summed E-state index contributed by atoms with van der Waals surface area (Å²) < 4.78 is 45.7. The van der Waals surface area contributed by atoms with Crippen molar-refractivity contribution in [3.8, 4) is 5.88 Å². The first kappa shape index (κ1) is 24.7. The number of carbonyl (C=O) groups excluding carboxylic acids is 2. The van der Waals surface area contributed by atoms with Crippen LogP contribution in [0.4, 0.5) is 13.2 Å². The van der Waals surface area contributed by atoms with Crippen molar-refractivity contribution in [2.75, 3.05) is 7.05 Å². The molecule has 1 aromatic carbocycles. The molecule has 0 unspecified atom stereocenters. The van der Waals surface area contributed by atoms with Gasteiger partial charge in [-0.15, -0.1) is 0 Å². The number of aromatic nitrogens is 3. The van der Waals surface area contributed by atoms with Crippen molar-refractivity contribution in [1.29, 1.82) is 0 Å². The zero-order valence-electron chi connectivity index (χ0n) is 18.1. The van der Waals surface area contributed by atoms with Crippen molar-refractivity contribution in [3.63, 3.8) is 0 Å². The minimum absolute atomic E-state index is 0.0558. The molecule has 1 N–H and O–H groups in total. The standard InChI is InChI=1S/C21H16Cl2F3N5O4/c1-9-5-11-15(8-30(9)18(33)10-3-4-13(22)12(6-10)21(24,25)26)28-20(23)31(19(11)34)16-7-14(29-35-16)17(32)27-2/h3-4,6-7,9H,5,8H2,1-2H3,(H,27,32)/t9-/m1/s1. The summed E-state index contributed by atoms with van der Waals surface area (Å²) in [5.74, 6) is -1.34. The summed E-state index contributed by atoms with van der Waals surface area (Å²) >= 11 is 11.9. The number of nitrogens with zero attached hydrogens (tertiary/aromatic N) is 4. The summed E-state index contributed by atoms with van der Waals surface area (Å²) in [5.41, 5.74) is -1.55. The number of hydrogen-bond donors (Lipinski definition) is 1. The molecule has 184 valence electrons. The molecule has 2 aromatic heterocycles. The molecule has 3 heterocycles. The smallest absolute Gasteiger partial charge is 0.354 e. The van der Waals surface area contributed by atoms with Crippen LogP contribution in [0.25, 0.3) is 5.88 Å². The van der Waals surface area contributed by atoms with Crippen molar-refractivity contribution < 1.29 is 27.3 Å². The summed E-state index contributed by atoms with van der Waals surface area (Å²) in [6, 6.07) is 3.58. The molecule has 1 atom stereocenters. The number of carbonyl (C=O) groups is 2. The molecule has 0 radical (unpaired) electrons. The summed E-state index contributed by atoms with van der Waals surface area (Å²) in [6.07, 6.45) is -4.67. The fourth-order valence-electron chi connectivity index (χ4n) is 3.74. The number of nitrogens with one attached hydrogen (secondary N) is 1. The highest BCUT2D eigenvalue weighted by Gasteiger charge is 2.36. The molecule has 35 heavy (non-hydrogen) atoms. The fourth-order valence-corrected chi connectivity index (χ4v) is 4.23. The van der Waals surface area contributed by atoms with Crippen LogP contribution in [0.5, 0.6) is 0 Å². The molecule has 0 fully saturated rings. The van der Waals surface area contributed by atoms with Crippen molar-refractivity contribution in [1.82, 2.24) is 24.9 Å². The second kappa shape index (κ2) is 9.00. The van der Waals surface area contributed by atoms with Crippen LogP contribution in [-0.4, -0.2) is 44.5 Å². The molecule has 0 spiro atoms. The van der Waals surface area contributed by atoms with Crippen molar-refractivity contribution in [2.24, 2.45) is 0 Å². The molecular weight excluding hydrogens is 514 g/mol. The number of alkyl halides is 3. The Morgan fingerprint density at radius 1 is 1.23 bits per heavy atom. The van der Waals surface area contributed by atoms with E-state index in [2.05, 4.69) is 15.5 Å². The van der Waals surface area contributed by atoms with Gasteiger partial charge in [0, 0.05) is 30.3 Å². The Morgan fingerprint density at radius 3 is 2.60 bits per heavy atom. The second-order valence-corrected chi connectivity index (χ2v) is 8.50. The predicted octanol–water partition coefficient (Wildman–Crippen LogP) is 3.49. The van der Waals surface area contributed by atoms with Crippen LogP contribution in [0.15, 0.2) is 33.6 Å². The van der Waals surface area contributed by atoms with E-state index < -0.39 is 40.2 Å². The van der Waals surface area contributed by atoms with Crippen LogP contribution < -0.4 is 10.9 Å². The number of amides is 2. The van der Waals surface area contributed by atoms with Gasteiger partial charge < -0.3 is 14.7 Å². The largest absolute Gasteiger partial charge is 0.417 e. The van der Waals surface area contributed by atoms with Gasteiger partial charge in [-0.2, -0.15) is 13.2 Å². The summed E-state index contributed by atoms with van der Waals surface area (Å²) in [5, 5.41) is 5.14. The van der Waals surface area contributed by atoms with Gasteiger partial charge >= 0.3 is 6.18 Å². The maximum Gasteiger partial charge on any atom is 0.417 e. The van der Waals surface area contributed by atoms with Gasteiger partial charge in [0.15, 0.2) is 5.69 Å². The van der Waals surface area contributed by atoms with Gasteiger partial charge in [-0.3, -0.25) is 14.4 Å². The molecule has 2 amide bonds. The topological polar surface area (TPSA) is 110 Å². The molecule has 1 aliphatic rings. The molecular formula is C21H16Cl2F3N5O4. The maximum atomic E-state index is 13.2. The molecule has 0 saturated carbocycles. The van der Waals surface area contributed by atoms with Crippen LogP contribution in [-0.2, 0) is 19.1 Å². The third-order valence-corrected chi connectivity index (χ3v) is 6.11. The van der Waals surface area contributed by atoms with Crippen molar-refractivity contribution in [3.05, 3.63) is 73.0 Å². The molecule has 0 bridgehead atoms. The summed E-state index contributed by atoms with van der Waals surface area (Å²) in [6.45, 7) is 1.49. The first-order chi connectivity index (χ1) is 16.4. The molecule has 3 aromatic rings. The van der Waals surface area contributed by atoms with Crippen LogP contribution in [0.2, 0.25) is 10.3 Å². The van der Waals surface area contributed by atoms with E-state index in [4.69, 9.17) is 27.7 Å². The van der Waals surface area contributed by atoms with Gasteiger partial charge in [0.05, 0.1) is 22.8 Å². The third-order valence-electron chi connectivity index (χ3n) is 5.53. The van der Waals surface area contributed by atoms with E-state index in [1.807, 2.05) is 0 Å². The Bertz CT molecular complexity index is 1400. The molecule has 0 saturated heterocycles. The zero-order valence-corrected chi connectivity index (χ0v) is 19.6. The highest BCUT2D eigenvalue weighted by atomic mass is 35.5. The third kappa shape index (κ3) is 4.50. The molecule has 1 aliphatic heterocycles. The number of rotatable bonds is 3. The number of benzene rings is 1. The van der Waals surface area contributed by atoms with Crippen LogP contribution in [0.1, 0.15) is 44.6 Å². The minimum Gasteiger partial charge on any atom is -0.354 e. The second-order valence-electron chi connectivity index (χ2n) is 7.75. The number of hydrogen-bond acceptors (Lipinski definition) is 6. The van der Waals surface area contributed by atoms with Gasteiger partial charge in [-0.25, -0.2) is 9.55 Å². The molecule has 4 rings (SSSR count). The highest BCUT2D eigenvalue weighted by molar-refractivity contribution is 6.31. The zero-order chi connectivity index (χ0) is 25.7. The number of fused-ring (bicyclic) bond motifs is 1. The average molecular weight is 530 g/mol. The van der Waals surface area contributed by atoms with Crippen LogP contribution >= 0.6 is 23.2 Å². The SMILES string of the molecule is CNC(=O)c1cc(-n2c(Cl)nc3c(c2=O)C[C@@H](C)N(C(=O)c2ccc(Cl)c(C(F)(F)F)c2)C3)on1.